The summed E-state index contributed by atoms with van der Waals surface area (Å²) >= 11 is 1.11. The molecule has 9 heteroatoms. The van der Waals surface area contributed by atoms with Crippen molar-refractivity contribution >= 4 is 29.2 Å². The molecular weight excluding hydrogens is 366 g/mol. The highest BCUT2D eigenvalue weighted by atomic mass is 32.1. The van der Waals surface area contributed by atoms with Gasteiger partial charge in [0.25, 0.3) is 5.91 Å². The zero-order valence-corrected chi connectivity index (χ0v) is 16.2. The number of methoxy groups -OCH3 is 1. The maximum Gasteiger partial charge on any atom is 0.321 e. The number of nitrogens with zero attached hydrogens (tertiary/aromatic N) is 3. The quantitative estimate of drug-likeness (QED) is 0.819. The number of nitrogens with one attached hydrogen (secondary N) is 2. The Hall–Kier alpha value is -2.68. The molecule has 27 heavy (non-hydrogen) atoms. The van der Waals surface area contributed by atoms with E-state index in [1.165, 1.54) is 0 Å². The number of urea groups is 1. The number of likely N-dealkylation sites (tertiary alicyclic amines) is 1. The third-order valence-electron chi connectivity index (χ3n) is 4.66. The van der Waals surface area contributed by atoms with Gasteiger partial charge in [-0.05, 0) is 49.3 Å². The fourth-order valence-corrected chi connectivity index (χ4v) is 3.61. The zero-order chi connectivity index (χ0) is 19.2. The normalized spacial score (nSPS) is 14.7. The Labute approximate surface area is 162 Å². The van der Waals surface area contributed by atoms with Crippen LogP contribution < -0.4 is 15.4 Å². The molecule has 0 aliphatic carbocycles. The molecule has 3 amide bonds. The SMILES string of the molecule is COc1ccccc1NC(=O)N1CCC(CNC(=O)c2snnc2C)CC1. The van der Waals surface area contributed by atoms with Gasteiger partial charge in [-0.15, -0.1) is 5.10 Å². The molecule has 2 aromatic rings. The van der Waals surface area contributed by atoms with Crippen LogP contribution in [0.15, 0.2) is 24.3 Å². The first-order valence-corrected chi connectivity index (χ1v) is 9.62. The number of anilines is 1. The molecule has 1 aliphatic heterocycles. The minimum Gasteiger partial charge on any atom is -0.495 e. The lowest BCUT2D eigenvalue weighted by Gasteiger charge is -2.32. The number of amides is 3. The van der Waals surface area contributed by atoms with Crippen LogP contribution in [0.5, 0.6) is 5.75 Å². The number of para-hydroxylation sites is 2. The Kier molecular flexibility index (Phi) is 6.23. The average molecular weight is 389 g/mol. The second kappa shape index (κ2) is 8.81. The number of benzene rings is 1. The summed E-state index contributed by atoms with van der Waals surface area (Å²) in [7, 11) is 1.58. The van der Waals surface area contributed by atoms with Crippen molar-refractivity contribution < 1.29 is 14.3 Å². The number of hydrogen-bond donors (Lipinski definition) is 2. The van der Waals surface area contributed by atoms with E-state index in [-0.39, 0.29) is 11.9 Å². The van der Waals surface area contributed by atoms with Crippen LogP contribution in [0.1, 0.15) is 28.2 Å². The molecule has 0 atom stereocenters. The van der Waals surface area contributed by atoms with Crippen LogP contribution in [0.25, 0.3) is 0 Å². The predicted octanol–water partition coefficient (Wildman–Crippen LogP) is 2.53. The highest BCUT2D eigenvalue weighted by molar-refractivity contribution is 7.07. The molecule has 1 aromatic heterocycles. The van der Waals surface area contributed by atoms with Crippen molar-refractivity contribution in [3.05, 3.63) is 34.8 Å². The van der Waals surface area contributed by atoms with Crippen LogP contribution in [0.4, 0.5) is 10.5 Å². The van der Waals surface area contributed by atoms with Crippen molar-refractivity contribution in [1.82, 2.24) is 19.8 Å². The molecule has 3 rings (SSSR count). The standard InChI is InChI=1S/C18H23N5O3S/c1-12-16(27-22-21-12)17(24)19-11-13-7-9-23(10-8-13)18(25)20-14-5-3-4-6-15(14)26-2/h3-6,13H,7-11H2,1-2H3,(H,19,24)(H,20,25). The van der Waals surface area contributed by atoms with Crippen molar-refractivity contribution in [3.8, 4) is 5.75 Å². The van der Waals surface area contributed by atoms with Crippen LogP contribution in [0.2, 0.25) is 0 Å². The van der Waals surface area contributed by atoms with Crippen molar-refractivity contribution in [2.75, 3.05) is 32.1 Å². The van der Waals surface area contributed by atoms with Crippen LogP contribution in [-0.2, 0) is 0 Å². The molecule has 1 saturated heterocycles. The third-order valence-corrected chi connectivity index (χ3v) is 5.49. The molecule has 0 unspecified atom stereocenters. The lowest BCUT2D eigenvalue weighted by molar-refractivity contribution is 0.0942. The van der Waals surface area contributed by atoms with E-state index in [9.17, 15) is 9.59 Å². The second-order valence-electron chi connectivity index (χ2n) is 6.46. The summed E-state index contributed by atoms with van der Waals surface area (Å²) in [4.78, 5) is 27.0. The van der Waals surface area contributed by atoms with Crippen molar-refractivity contribution in [2.24, 2.45) is 5.92 Å². The number of rotatable bonds is 5. The maximum absolute atomic E-state index is 12.5. The first kappa shape index (κ1) is 19.1. The van der Waals surface area contributed by atoms with Gasteiger partial charge >= 0.3 is 6.03 Å². The number of piperidine rings is 1. The third kappa shape index (κ3) is 4.73. The van der Waals surface area contributed by atoms with Gasteiger partial charge in [0.15, 0.2) is 0 Å². The molecule has 144 valence electrons. The van der Waals surface area contributed by atoms with Gasteiger partial charge < -0.3 is 20.3 Å². The van der Waals surface area contributed by atoms with E-state index in [1.807, 2.05) is 24.3 Å². The average Bonchev–Trinajstić information content (AvgIpc) is 3.13. The summed E-state index contributed by atoms with van der Waals surface area (Å²) in [5, 5.41) is 9.71. The van der Waals surface area contributed by atoms with Gasteiger partial charge in [0, 0.05) is 19.6 Å². The van der Waals surface area contributed by atoms with Gasteiger partial charge in [0.05, 0.1) is 18.5 Å². The number of ether oxygens (including phenoxy) is 1. The first-order chi connectivity index (χ1) is 13.1. The van der Waals surface area contributed by atoms with E-state index in [2.05, 4.69) is 20.2 Å². The van der Waals surface area contributed by atoms with Crippen LogP contribution >= 0.6 is 11.5 Å². The van der Waals surface area contributed by atoms with Gasteiger partial charge in [-0.1, -0.05) is 16.6 Å². The minimum absolute atomic E-state index is 0.126. The zero-order valence-electron chi connectivity index (χ0n) is 15.4. The number of aromatic nitrogens is 2. The number of carbonyl (C=O) groups excluding carboxylic acids is 2. The molecule has 0 radical (unpaired) electrons. The Morgan fingerprint density at radius 1 is 1.30 bits per heavy atom. The number of hydrogen-bond acceptors (Lipinski definition) is 6. The topological polar surface area (TPSA) is 96.5 Å². The molecule has 0 spiro atoms. The fraction of sp³-hybridized carbons (Fsp3) is 0.444. The van der Waals surface area contributed by atoms with E-state index in [1.54, 1.807) is 18.9 Å². The summed E-state index contributed by atoms with van der Waals surface area (Å²) < 4.78 is 9.05. The van der Waals surface area contributed by atoms with E-state index < -0.39 is 0 Å². The Bertz CT molecular complexity index is 802. The Morgan fingerprint density at radius 3 is 2.70 bits per heavy atom. The molecular formula is C18H23N5O3S. The van der Waals surface area contributed by atoms with E-state index in [4.69, 9.17) is 4.74 Å². The summed E-state index contributed by atoms with van der Waals surface area (Å²) in [6.07, 6.45) is 1.69. The highest BCUT2D eigenvalue weighted by Gasteiger charge is 2.24. The van der Waals surface area contributed by atoms with Gasteiger partial charge in [-0.25, -0.2) is 4.79 Å². The molecule has 1 aromatic carbocycles. The summed E-state index contributed by atoms with van der Waals surface area (Å²) in [6, 6.07) is 7.21. The molecule has 2 heterocycles. The predicted molar refractivity (Wildman–Crippen MR) is 103 cm³/mol. The van der Waals surface area contributed by atoms with E-state index >= 15 is 0 Å². The molecule has 2 N–H and O–H groups in total. The summed E-state index contributed by atoms with van der Waals surface area (Å²) in [5.41, 5.74) is 1.31. The molecule has 0 saturated carbocycles. The van der Waals surface area contributed by atoms with Crippen molar-refractivity contribution in [3.63, 3.8) is 0 Å². The Morgan fingerprint density at radius 2 is 2.04 bits per heavy atom. The van der Waals surface area contributed by atoms with Crippen LogP contribution in [-0.4, -0.2) is 53.2 Å². The fourth-order valence-electron chi connectivity index (χ4n) is 3.04. The van der Waals surface area contributed by atoms with Gasteiger partial charge in [-0.3, -0.25) is 4.79 Å². The van der Waals surface area contributed by atoms with E-state index in [0.29, 0.717) is 47.6 Å². The van der Waals surface area contributed by atoms with Gasteiger partial charge in [-0.2, -0.15) is 0 Å². The minimum atomic E-state index is -0.131. The second-order valence-corrected chi connectivity index (χ2v) is 7.21. The summed E-state index contributed by atoms with van der Waals surface area (Å²) in [5.74, 6) is 0.862. The maximum atomic E-state index is 12.5. The first-order valence-electron chi connectivity index (χ1n) is 8.84. The summed E-state index contributed by atoms with van der Waals surface area (Å²) in [6.45, 7) is 3.68. The number of carbonyl (C=O) groups is 2. The lowest BCUT2D eigenvalue weighted by Crippen LogP contribution is -2.43. The monoisotopic (exact) mass is 389 g/mol. The van der Waals surface area contributed by atoms with Crippen molar-refractivity contribution in [2.45, 2.75) is 19.8 Å². The van der Waals surface area contributed by atoms with Crippen LogP contribution in [0.3, 0.4) is 0 Å². The molecule has 8 nitrogen and oxygen atoms in total. The molecule has 0 bridgehead atoms. The molecule has 1 aliphatic rings. The lowest BCUT2D eigenvalue weighted by atomic mass is 9.97. The largest absolute Gasteiger partial charge is 0.495 e. The van der Waals surface area contributed by atoms with E-state index in [0.717, 1.165) is 24.4 Å². The number of aryl methyl sites for hydroxylation is 1. The Balaban J connectivity index is 1.45. The smallest absolute Gasteiger partial charge is 0.321 e. The van der Waals surface area contributed by atoms with Crippen LogP contribution in [0, 0.1) is 12.8 Å². The van der Waals surface area contributed by atoms with Crippen molar-refractivity contribution in [1.29, 1.82) is 0 Å². The van der Waals surface area contributed by atoms with Gasteiger partial charge in [0.1, 0.15) is 10.6 Å². The molecule has 1 fully saturated rings. The highest BCUT2D eigenvalue weighted by Crippen LogP contribution is 2.24. The van der Waals surface area contributed by atoms with Gasteiger partial charge in [0.2, 0.25) is 0 Å².